The van der Waals surface area contributed by atoms with E-state index in [-0.39, 0.29) is 18.3 Å². The predicted molar refractivity (Wildman–Crippen MR) is 122 cm³/mol. The number of oxime groups is 1. The lowest BCUT2D eigenvalue weighted by atomic mass is 9.99. The van der Waals surface area contributed by atoms with Gasteiger partial charge in [-0.25, -0.2) is 0 Å². The number of rotatable bonds is 8. The molecule has 2 aromatic carbocycles. The predicted octanol–water partition coefficient (Wildman–Crippen LogP) is 4.31. The SMILES string of the molecule is CO[C@@H]1[C@@H](OC)[C@H](C)O[C@@H](O/N=C/c2ccc(/C=C/c3cccc(C)c3)cc2)[C@@H]1OC. The fourth-order valence-electron chi connectivity index (χ4n) is 3.71. The number of benzene rings is 2. The van der Waals surface area contributed by atoms with E-state index in [1.807, 2.05) is 31.2 Å². The summed E-state index contributed by atoms with van der Waals surface area (Å²) in [6, 6.07) is 16.4. The van der Waals surface area contributed by atoms with Crippen LogP contribution in [-0.2, 0) is 23.8 Å². The molecule has 6 nitrogen and oxygen atoms in total. The summed E-state index contributed by atoms with van der Waals surface area (Å²) in [5, 5.41) is 4.11. The molecule has 166 valence electrons. The topological polar surface area (TPSA) is 58.5 Å². The molecule has 5 atom stereocenters. The highest BCUT2D eigenvalue weighted by Gasteiger charge is 2.46. The highest BCUT2D eigenvalue weighted by Crippen LogP contribution is 2.27. The van der Waals surface area contributed by atoms with Gasteiger partial charge >= 0.3 is 0 Å². The maximum atomic E-state index is 5.89. The van der Waals surface area contributed by atoms with Crippen molar-refractivity contribution in [2.45, 2.75) is 44.6 Å². The van der Waals surface area contributed by atoms with Gasteiger partial charge in [-0.2, -0.15) is 0 Å². The Morgan fingerprint density at radius 3 is 2.10 bits per heavy atom. The summed E-state index contributed by atoms with van der Waals surface area (Å²) in [6.07, 6.45) is 3.90. The molecule has 1 saturated heterocycles. The molecule has 1 aliphatic heterocycles. The molecule has 0 saturated carbocycles. The van der Waals surface area contributed by atoms with E-state index in [1.165, 1.54) is 11.1 Å². The van der Waals surface area contributed by atoms with Gasteiger partial charge in [0.25, 0.3) is 6.29 Å². The minimum absolute atomic E-state index is 0.221. The lowest BCUT2D eigenvalue weighted by molar-refractivity contribution is -0.305. The first-order chi connectivity index (χ1) is 15.0. The third-order valence-corrected chi connectivity index (χ3v) is 5.36. The Morgan fingerprint density at radius 1 is 0.806 bits per heavy atom. The second-order valence-electron chi connectivity index (χ2n) is 7.56. The van der Waals surface area contributed by atoms with Crippen molar-refractivity contribution in [2.75, 3.05) is 21.3 Å². The van der Waals surface area contributed by atoms with Crippen LogP contribution in [0.15, 0.2) is 53.7 Å². The van der Waals surface area contributed by atoms with Crippen molar-refractivity contribution in [3.8, 4) is 0 Å². The molecule has 2 aromatic rings. The van der Waals surface area contributed by atoms with Crippen LogP contribution in [0.5, 0.6) is 0 Å². The monoisotopic (exact) mass is 425 g/mol. The van der Waals surface area contributed by atoms with Crippen LogP contribution >= 0.6 is 0 Å². The summed E-state index contributed by atoms with van der Waals surface area (Å²) < 4.78 is 22.5. The normalized spacial score (nSPS) is 26.5. The third kappa shape index (κ3) is 6.02. The summed E-state index contributed by atoms with van der Waals surface area (Å²) in [5.74, 6) is 0. The quantitative estimate of drug-likeness (QED) is 0.358. The lowest BCUT2D eigenvalue weighted by Gasteiger charge is -2.42. The molecule has 0 N–H and O–H groups in total. The summed E-state index contributed by atoms with van der Waals surface area (Å²) in [5.41, 5.74) is 4.45. The van der Waals surface area contributed by atoms with E-state index >= 15 is 0 Å². The molecule has 1 heterocycles. The van der Waals surface area contributed by atoms with E-state index in [4.69, 9.17) is 23.8 Å². The lowest BCUT2D eigenvalue weighted by Crippen LogP contribution is -2.59. The summed E-state index contributed by atoms with van der Waals surface area (Å²) >= 11 is 0. The van der Waals surface area contributed by atoms with Gasteiger partial charge in [0.1, 0.15) is 12.2 Å². The van der Waals surface area contributed by atoms with Crippen LogP contribution in [0.25, 0.3) is 12.2 Å². The molecule has 0 aromatic heterocycles. The number of ether oxygens (including phenoxy) is 4. The average Bonchev–Trinajstić information content (AvgIpc) is 2.78. The van der Waals surface area contributed by atoms with Gasteiger partial charge in [-0.3, -0.25) is 0 Å². The average molecular weight is 426 g/mol. The molecule has 1 aliphatic rings. The highest BCUT2D eigenvalue weighted by molar-refractivity contribution is 5.80. The van der Waals surface area contributed by atoms with Crippen molar-refractivity contribution in [3.63, 3.8) is 0 Å². The zero-order valence-electron chi connectivity index (χ0n) is 18.7. The van der Waals surface area contributed by atoms with E-state index < -0.39 is 12.4 Å². The van der Waals surface area contributed by atoms with E-state index in [0.717, 1.165) is 11.1 Å². The van der Waals surface area contributed by atoms with Gasteiger partial charge < -0.3 is 23.8 Å². The van der Waals surface area contributed by atoms with Crippen molar-refractivity contribution in [1.82, 2.24) is 0 Å². The van der Waals surface area contributed by atoms with E-state index in [9.17, 15) is 0 Å². The Balaban J connectivity index is 1.60. The Hall–Kier alpha value is -2.51. The zero-order valence-corrected chi connectivity index (χ0v) is 18.7. The first-order valence-corrected chi connectivity index (χ1v) is 10.3. The highest BCUT2D eigenvalue weighted by atomic mass is 16.8. The van der Waals surface area contributed by atoms with E-state index in [0.29, 0.717) is 0 Å². The molecular formula is C25H31NO5. The number of hydrogen-bond acceptors (Lipinski definition) is 6. The second kappa shape index (κ2) is 11.2. The fourth-order valence-corrected chi connectivity index (χ4v) is 3.71. The third-order valence-electron chi connectivity index (χ3n) is 5.36. The first-order valence-electron chi connectivity index (χ1n) is 10.3. The van der Waals surface area contributed by atoms with Gasteiger partial charge in [0.05, 0.1) is 12.3 Å². The maximum absolute atomic E-state index is 5.89. The molecule has 3 rings (SSSR count). The van der Waals surface area contributed by atoms with Crippen LogP contribution in [0.3, 0.4) is 0 Å². The minimum atomic E-state index is -0.691. The molecule has 0 spiro atoms. The van der Waals surface area contributed by atoms with E-state index in [2.05, 4.69) is 48.5 Å². The molecule has 0 radical (unpaired) electrons. The van der Waals surface area contributed by atoms with Crippen LogP contribution in [0.2, 0.25) is 0 Å². The van der Waals surface area contributed by atoms with Crippen LogP contribution in [0.1, 0.15) is 29.2 Å². The largest absolute Gasteiger partial charge is 0.376 e. The summed E-state index contributed by atoms with van der Waals surface area (Å²) in [7, 11) is 4.84. The van der Waals surface area contributed by atoms with Crippen molar-refractivity contribution in [3.05, 3.63) is 70.8 Å². The standard InChI is InChI=1S/C25H31NO5/c1-17-7-6-8-20(15-17)12-9-19-10-13-21(14-11-19)16-26-31-25-24(29-5)23(28-4)22(27-3)18(2)30-25/h6-16,18,22-25H,1-5H3/b12-9+,26-16+/t18-,22-,23+,24+,25-/m0/s1. The minimum Gasteiger partial charge on any atom is -0.376 e. The maximum Gasteiger partial charge on any atom is 0.256 e. The smallest absolute Gasteiger partial charge is 0.256 e. The number of nitrogens with zero attached hydrogens (tertiary/aromatic N) is 1. The molecule has 31 heavy (non-hydrogen) atoms. The van der Waals surface area contributed by atoms with Gasteiger partial charge in [-0.15, -0.1) is 0 Å². The molecule has 6 heteroatoms. The summed E-state index contributed by atoms with van der Waals surface area (Å²) in [6.45, 7) is 4.00. The van der Waals surface area contributed by atoms with Crippen molar-refractivity contribution < 1.29 is 23.8 Å². The van der Waals surface area contributed by atoms with Crippen LogP contribution in [0, 0.1) is 6.92 Å². The van der Waals surface area contributed by atoms with Crippen LogP contribution < -0.4 is 0 Å². The van der Waals surface area contributed by atoms with Gasteiger partial charge in [0.2, 0.25) is 0 Å². The molecule has 0 unspecified atom stereocenters. The Kier molecular flexibility index (Phi) is 8.37. The number of methoxy groups -OCH3 is 3. The fraction of sp³-hybridized carbons (Fsp3) is 0.400. The van der Waals surface area contributed by atoms with Crippen LogP contribution in [-0.4, -0.2) is 58.2 Å². The van der Waals surface area contributed by atoms with Crippen molar-refractivity contribution >= 4 is 18.4 Å². The van der Waals surface area contributed by atoms with Gasteiger partial charge in [-0.1, -0.05) is 71.4 Å². The number of hydrogen-bond donors (Lipinski definition) is 0. The Labute approximate surface area is 184 Å². The van der Waals surface area contributed by atoms with Gasteiger partial charge in [0, 0.05) is 21.3 Å². The Morgan fingerprint density at radius 2 is 1.45 bits per heavy atom. The second-order valence-corrected chi connectivity index (χ2v) is 7.56. The number of aryl methyl sites for hydroxylation is 1. The van der Waals surface area contributed by atoms with Crippen molar-refractivity contribution in [2.24, 2.45) is 5.16 Å². The van der Waals surface area contributed by atoms with E-state index in [1.54, 1.807) is 27.5 Å². The molecule has 0 aliphatic carbocycles. The molecule has 0 bridgehead atoms. The molecule has 0 amide bonds. The van der Waals surface area contributed by atoms with Gasteiger partial charge in [-0.05, 0) is 30.5 Å². The van der Waals surface area contributed by atoms with Crippen LogP contribution in [0.4, 0.5) is 0 Å². The van der Waals surface area contributed by atoms with Crippen molar-refractivity contribution in [1.29, 1.82) is 0 Å². The molecular weight excluding hydrogens is 394 g/mol. The first kappa shape index (κ1) is 23.2. The van der Waals surface area contributed by atoms with Gasteiger partial charge in [0.15, 0.2) is 6.10 Å². The zero-order chi connectivity index (χ0) is 22.2. The summed E-state index contributed by atoms with van der Waals surface area (Å²) in [4.78, 5) is 5.61. The Bertz CT molecular complexity index is 880. The molecule has 1 fully saturated rings.